The molecule has 1 spiro atoms. The van der Waals surface area contributed by atoms with Crippen LogP contribution in [0, 0.1) is 25.7 Å². The zero-order valence-electron chi connectivity index (χ0n) is 21.4. The quantitative estimate of drug-likeness (QED) is 0.439. The van der Waals surface area contributed by atoms with E-state index in [2.05, 4.69) is 10.6 Å². The highest BCUT2D eigenvalue weighted by atomic mass is 32.2. The number of nitrogens with zero attached hydrogens (tertiary/aromatic N) is 1. The van der Waals surface area contributed by atoms with Crippen molar-refractivity contribution in [2.45, 2.75) is 62.1 Å². The Bertz CT molecular complexity index is 1170. The van der Waals surface area contributed by atoms with Gasteiger partial charge in [0.15, 0.2) is 0 Å². The molecule has 5 atom stereocenters. The first-order valence-electron chi connectivity index (χ1n) is 13.2. The number of thioether (sulfide) groups is 1. The monoisotopic (exact) mass is 521 g/mol. The average Bonchev–Trinajstić information content (AvgIpc) is 3.53. The molecule has 0 radical (unpaired) electrons. The second-order valence-corrected chi connectivity index (χ2v) is 12.1. The number of anilines is 1. The number of para-hydroxylation sites is 1. The molecule has 0 aliphatic carbocycles. The lowest BCUT2D eigenvalue weighted by atomic mass is 9.70. The molecule has 2 aromatic carbocycles. The summed E-state index contributed by atoms with van der Waals surface area (Å²) in [5, 5.41) is 15.6. The predicted molar refractivity (Wildman–Crippen MR) is 145 cm³/mol. The lowest BCUT2D eigenvalue weighted by Gasteiger charge is -2.34. The molecule has 2 unspecified atom stereocenters. The van der Waals surface area contributed by atoms with E-state index in [1.54, 1.807) is 16.7 Å². The van der Waals surface area contributed by atoms with Gasteiger partial charge in [0.05, 0.1) is 16.6 Å². The van der Waals surface area contributed by atoms with Crippen molar-refractivity contribution in [1.82, 2.24) is 10.2 Å². The number of rotatable bonds is 9. The zero-order valence-corrected chi connectivity index (χ0v) is 22.2. The number of nitrogens with one attached hydrogen (secondary N) is 2. The number of unbranched alkanes of at least 4 members (excludes halogenated alkanes) is 1. The Morgan fingerprint density at radius 1 is 1.05 bits per heavy atom. The van der Waals surface area contributed by atoms with E-state index < -0.39 is 22.6 Å². The molecule has 2 aromatic rings. The molecule has 3 amide bonds. The molecule has 0 aromatic heterocycles. The Balaban J connectivity index is 1.43. The minimum Gasteiger partial charge on any atom is -0.396 e. The Morgan fingerprint density at radius 3 is 2.49 bits per heavy atom. The van der Waals surface area contributed by atoms with Gasteiger partial charge in [0.25, 0.3) is 0 Å². The van der Waals surface area contributed by atoms with Crippen molar-refractivity contribution >= 4 is 35.2 Å². The van der Waals surface area contributed by atoms with Crippen molar-refractivity contribution < 1.29 is 19.5 Å². The number of likely N-dealkylation sites (tertiary alicyclic amines) is 1. The average molecular weight is 522 g/mol. The Morgan fingerprint density at radius 2 is 1.78 bits per heavy atom. The van der Waals surface area contributed by atoms with Crippen LogP contribution in [-0.2, 0) is 20.9 Å². The van der Waals surface area contributed by atoms with Crippen LogP contribution in [0.1, 0.15) is 42.4 Å². The van der Waals surface area contributed by atoms with E-state index in [1.165, 1.54) is 0 Å². The maximum Gasteiger partial charge on any atom is 0.248 e. The lowest BCUT2D eigenvalue weighted by molar-refractivity contribution is -0.139. The number of aryl methyl sites for hydroxylation is 2. The van der Waals surface area contributed by atoms with Crippen molar-refractivity contribution in [2.75, 3.05) is 18.5 Å². The molecule has 0 saturated carbocycles. The van der Waals surface area contributed by atoms with Crippen LogP contribution in [0.4, 0.5) is 5.69 Å². The Labute approximate surface area is 222 Å². The molecule has 7 nitrogen and oxygen atoms in total. The van der Waals surface area contributed by atoms with Crippen LogP contribution >= 0.6 is 11.8 Å². The third kappa shape index (κ3) is 4.55. The van der Waals surface area contributed by atoms with Gasteiger partial charge in [-0.1, -0.05) is 48.5 Å². The zero-order chi connectivity index (χ0) is 26.2. The van der Waals surface area contributed by atoms with Crippen molar-refractivity contribution in [3.63, 3.8) is 0 Å². The molecule has 8 heteroatoms. The number of aliphatic hydroxyl groups excluding tert-OH is 1. The Kier molecular flexibility index (Phi) is 7.32. The second-order valence-electron chi connectivity index (χ2n) is 10.5. The first-order chi connectivity index (χ1) is 17.9. The summed E-state index contributed by atoms with van der Waals surface area (Å²) in [5.41, 5.74) is 3.74. The highest BCUT2D eigenvalue weighted by Crippen LogP contribution is 2.66. The third-order valence-electron chi connectivity index (χ3n) is 8.20. The van der Waals surface area contributed by atoms with Crippen molar-refractivity contribution in [3.8, 4) is 0 Å². The highest BCUT2D eigenvalue weighted by Gasteiger charge is 2.73. The van der Waals surface area contributed by atoms with Crippen molar-refractivity contribution in [3.05, 3.63) is 65.2 Å². The smallest absolute Gasteiger partial charge is 0.248 e. The molecule has 37 heavy (non-hydrogen) atoms. The molecule has 3 aliphatic rings. The molecule has 3 heterocycles. The largest absolute Gasteiger partial charge is 0.396 e. The van der Waals surface area contributed by atoms with Crippen LogP contribution in [0.5, 0.6) is 0 Å². The number of carbonyl (C=O) groups excluding carboxylic acids is 3. The summed E-state index contributed by atoms with van der Waals surface area (Å²) in [6.45, 7) is 4.78. The van der Waals surface area contributed by atoms with Gasteiger partial charge in [-0.2, -0.15) is 0 Å². The SMILES string of the molecule is Cc1cccc(C)c1NC(=O)C1N(CCCCO)C(=O)[C@@H]2[C@@H](C(=O)NCc3ccccc3)[C@H]3CCC12S3. The van der Waals surface area contributed by atoms with Gasteiger partial charge in [0, 0.05) is 30.6 Å². The van der Waals surface area contributed by atoms with E-state index in [9.17, 15) is 19.5 Å². The highest BCUT2D eigenvalue weighted by molar-refractivity contribution is 8.02. The molecular formula is C29H35N3O4S. The van der Waals surface area contributed by atoms with Gasteiger partial charge >= 0.3 is 0 Å². The Hall–Kier alpha value is -2.84. The maximum absolute atomic E-state index is 14.0. The van der Waals surface area contributed by atoms with Crippen LogP contribution in [0.15, 0.2) is 48.5 Å². The van der Waals surface area contributed by atoms with E-state index in [0.29, 0.717) is 25.9 Å². The number of carbonyl (C=O) groups is 3. The molecule has 3 N–H and O–H groups in total. The van der Waals surface area contributed by atoms with E-state index in [0.717, 1.165) is 35.2 Å². The van der Waals surface area contributed by atoms with Gasteiger partial charge in [-0.15, -0.1) is 11.8 Å². The topological polar surface area (TPSA) is 98.7 Å². The minimum absolute atomic E-state index is 0.0276. The van der Waals surface area contributed by atoms with Gasteiger partial charge in [-0.05, 0) is 56.2 Å². The van der Waals surface area contributed by atoms with Crippen LogP contribution in [0.3, 0.4) is 0 Å². The summed E-state index contributed by atoms with van der Waals surface area (Å²) in [4.78, 5) is 43.1. The molecular weight excluding hydrogens is 486 g/mol. The fraction of sp³-hybridized carbons (Fsp3) is 0.483. The summed E-state index contributed by atoms with van der Waals surface area (Å²) >= 11 is 1.68. The van der Waals surface area contributed by atoms with Crippen LogP contribution in [0.2, 0.25) is 0 Å². The summed E-state index contributed by atoms with van der Waals surface area (Å²) in [6, 6.07) is 15.0. The van der Waals surface area contributed by atoms with E-state index >= 15 is 0 Å². The molecule has 3 aliphatic heterocycles. The first-order valence-corrected chi connectivity index (χ1v) is 14.0. The van der Waals surface area contributed by atoms with Gasteiger partial charge in [0.1, 0.15) is 6.04 Å². The predicted octanol–water partition coefficient (Wildman–Crippen LogP) is 3.42. The van der Waals surface area contributed by atoms with E-state index in [4.69, 9.17) is 0 Å². The number of hydrogen-bond acceptors (Lipinski definition) is 5. The summed E-state index contributed by atoms with van der Waals surface area (Å²) in [6.07, 6.45) is 2.72. The molecule has 3 saturated heterocycles. The fourth-order valence-electron chi connectivity index (χ4n) is 6.49. The van der Waals surface area contributed by atoms with E-state index in [1.807, 2.05) is 62.4 Å². The molecule has 2 bridgehead atoms. The number of amides is 3. The van der Waals surface area contributed by atoms with Crippen LogP contribution in [-0.4, -0.2) is 56.9 Å². The van der Waals surface area contributed by atoms with E-state index in [-0.39, 0.29) is 29.6 Å². The van der Waals surface area contributed by atoms with Crippen LogP contribution < -0.4 is 10.6 Å². The molecule has 196 valence electrons. The summed E-state index contributed by atoms with van der Waals surface area (Å²) < 4.78 is -0.615. The third-order valence-corrected chi connectivity index (χ3v) is 10.1. The second kappa shape index (κ2) is 10.5. The van der Waals surface area contributed by atoms with Crippen molar-refractivity contribution in [2.24, 2.45) is 11.8 Å². The van der Waals surface area contributed by atoms with Crippen molar-refractivity contribution in [1.29, 1.82) is 0 Å². The van der Waals surface area contributed by atoms with Gasteiger partial charge in [-0.3, -0.25) is 14.4 Å². The number of hydrogen-bond donors (Lipinski definition) is 3. The molecule has 3 fully saturated rings. The first kappa shape index (κ1) is 25.8. The number of aliphatic hydroxyl groups is 1. The van der Waals surface area contributed by atoms with Gasteiger partial charge in [0.2, 0.25) is 17.7 Å². The van der Waals surface area contributed by atoms with Gasteiger partial charge < -0.3 is 20.6 Å². The lowest BCUT2D eigenvalue weighted by Crippen LogP contribution is -2.52. The summed E-state index contributed by atoms with van der Waals surface area (Å²) in [7, 11) is 0. The normalized spacial score (nSPS) is 27.9. The fourth-order valence-corrected chi connectivity index (χ4v) is 8.71. The number of fused-ring (bicyclic) bond motifs is 1. The molecule has 5 rings (SSSR count). The number of benzene rings is 2. The summed E-state index contributed by atoms with van der Waals surface area (Å²) in [5.74, 6) is -1.36. The van der Waals surface area contributed by atoms with Gasteiger partial charge in [-0.25, -0.2) is 0 Å². The maximum atomic E-state index is 14.0. The minimum atomic E-state index is -0.648. The van der Waals surface area contributed by atoms with Crippen LogP contribution in [0.25, 0.3) is 0 Å². The standard InChI is InChI=1S/C29H35N3O4S/c1-18-9-8-10-19(2)24(18)31-27(35)25-29-14-13-21(37-29)22(23(29)28(36)32(25)15-6-7-16-33)26(34)30-17-20-11-4-3-5-12-20/h3-5,8-12,21-23,25,33H,6-7,13-17H2,1-2H3,(H,30,34)(H,31,35)/t21-,22+,23+,25?,29?/m1/s1.